The van der Waals surface area contributed by atoms with Crippen molar-refractivity contribution in [2.45, 2.75) is 13.0 Å². The van der Waals surface area contributed by atoms with Gasteiger partial charge in [0.05, 0.1) is 11.3 Å². The molecule has 110 valence electrons. The molecule has 8 heteroatoms. The number of para-hydroxylation sites is 1. The summed E-state index contributed by atoms with van der Waals surface area (Å²) in [5.41, 5.74) is 0.170. The highest BCUT2D eigenvalue weighted by molar-refractivity contribution is 9.10. The summed E-state index contributed by atoms with van der Waals surface area (Å²) in [5.74, 6) is -0.806. The number of rotatable bonds is 5. The fourth-order valence-electron chi connectivity index (χ4n) is 1.60. The van der Waals surface area contributed by atoms with Crippen molar-refractivity contribution in [2.75, 3.05) is 17.3 Å². The Morgan fingerprint density at radius 3 is 2.65 bits per heavy atom. The van der Waals surface area contributed by atoms with Gasteiger partial charge in [-0.15, -0.1) is 0 Å². The number of urea groups is 1. The third kappa shape index (κ3) is 4.93. The Labute approximate surface area is 127 Å². The fraction of sp³-hybridized carbons (Fsp3) is 0.333. The van der Waals surface area contributed by atoms with Crippen LogP contribution in [0, 0.1) is 0 Å². The van der Waals surface area contributed by atoms with Gasteiger partial charge in [0.15, 0.2) is 0 Å². The van der Waals surface area contributed by atoms with Crippen LogP contribution in [0.1, 0.15) is 17.3 Å². The highest BCUT2D eigenvalue weighted by Gasteiger charge is 2.16. The number of hydrogen-bond donors (Lipinski definition) is 3. The molecule has 1 aromatic carbocycles. The molecule has 2 atom stereocenters. The van der Waals surface area contributed by atoms with Gasteiger partial charge in [-0.05, 0) is 35.0 Å². The van der Waals surface area contributed by atoms with Crippen molar-refractivity contribution in [2.24, 2.45) is 0 Å². The number of carbonyl (C=O) groups excluding carboxylic acids is 1. The van der Waals surface area contributed by atoms with E-state index in [4.69, 9.17) is 5.11 Å². The SMILES string of the molecule is CC(CS(C)=O)NC(=O)Nc1c(Br)cccc1C(=O)O. The minimum Gasteiger partial charge on any atom is -0.478 e. The van der Waals surface area contributed by atoms with Gasteiger partial charge in [-0.25, -0.2) is 9.59 Å². The molecular weight excluding hydrogens is 348 g/mol. The Balaban J connectivity index is 2.80. The van der Waals surface area contributed by atoms with Crippen LogP contribution in [0.4, 0.5) is 10.5 Å². The number of carboxylic acid groups (broad SMARTS) is 1. The quantitative estimate of drug-likeness (QED) is 0.746. The van der Waals surface area contributed by atoms with Crippen LogP contribution in [0.3, 0.4) is 0 Å². The number of carbonyl (C=O) groups is 2. The van der Waals surface area contributed by atoms with E-state index >= 15 is 0 Å². The van der Waals surface area contributed by atoms with Gasteiger partial charge in [-0.1, -0.05) is 6.07 Å². The Kier molecular flexibility index (Phi) is 6.15. The van der Waals surface area contributed by atoms with Gasteiger partial charge >= 0.3 is 12.0 Å². The van der Waals surface area contributed by atoms with E-state index in [0.29, 0.717) is 10.2 Å². The van der Waals surface area contributed by atoms with E-state index in [0.717, 1.165) is 0 Å². The van der Waals surface area contributed by atoms with Gasteiger partial charge in [-0.2, -0.15) is 0 Å². The zero-order valence-corrected chi connectivity index (χ0v) is 13.4. The topological polar surface area (TPSA) is 95.5 Å². The van der Waals surface area contributed by atoms with E-state index in [1.807, 2.05) is 0 Å². The molecule has 3 N–H and O–H groups in total. The molecule has 1 rings (SSSR count). The molecule has 0 aliphatic carbocycles. The zero-order chi connectivity index (χ0) is 15.3. The molecule has 20 heavy (non-hydrogen) atoms. The molecule has 0 aliphatic heterocycles. The fourth-order valence-corrected chi connectivity index (χ4v) is 2.85. The highest BCUT2D eigenvalue weighted by atomic mass is 79.9. The van der Waals surface area contributed by atoms with Crippen LogP contribution in [0.15, 0.2) is 22.7 Å². The first kappa shape index (κ1) is 16.6. The van der Waals surface area contributed by atoms with Crippen LogP contribution >= 0.6 is 15.9 Å². The first-order chi connectivity index (χ1) is 9.31. The van der Waals surface area contributed by atoms with Crippen molar-refractivity contribution in [3.63, 3.8) is 0 Å². The number of nitrogens with one attached hydrogen (secondary N) is 2. The van der Waals surface area contributed by atoms with E-state index in [2.05, 4.69) is 26.6 Å². The number of benzene rings is 1. The first-order valence-electron chi connectivity index (χ1n) is 5.70. The van der Waals surface area contributed by atoms with Crippen molar-refractivity contribution in [3.05, 3.63) is 28.2 Å². The van der Waals surface area contributed by atoms with E-state index < -0.39 is 22.8 Å². The molecular formula is C12H15BrN2O4S. The minimum atomic E-state index is -1.13. The van der Waals surface area contributed by atoms with Crippen LogP contribution in [0.25, 0.3) is 0 Å². The number of aromatic carboxylic acids is 1. The van der Waals surface area contributed by atoms with Gasteiger partial charge in [0, 0.05) is 33.3 Å². The lowest BCUT2D eigenvalue weighted by Crippen LogP contribution is -2.39. The standard InChI is InChI=1S/C12H15BrN2O4S/c1-7(6-20(2)19)14-12(18)15-10-8(11(16)17)4-3-5-9(10)13/h3-5,7H,6H2,1-2H3,(H,16,17)(H2,14,15,18). The van der Waals surface area contributed by atoms with Crippen LogP contribution < -0.4 is 10.6 Å². The molecule has 0 saturated carbocycles. The zero-order valence-electron chi connectivity index (χ0n) is 11.0. The van der Waals surface area contributed by atoms with Crippen molar-refractivity contribution in [1.82, 2.24) is 5.32 Å². The number of anilines is 1. The third-order valence-electron chi connectivity index (χ3n) is 2.34. The largest absolute Gasteiger partial charge is 0.478 e. The van der Waals surface area contributed by atoms with E-state index in [-0.39, 0.29) is 17.3 Å². The summed E-state index contributed by atoms with van der Waals surface area (Å²) in [6, 6.07) is 3.77. The summed E-state index contributed by atoms with van der Waals surface area (Å²) >= 11 is 3.20. The molecule has 0 spiro atoms. The van der Waals surface area contributed by atoms with E-state index in [9.17, 15) is 13.8 Å². The second-order valence-corrected chi connectivity index (χ2v) is 6.54. The Bertz CT molecular complexity index is 550. The molecule has 0 radical (unpaired) electrons. The normalized spacial score (nSPS) is 13.3. The minimum absolute atomic E-state index is 0.0127. The maximum atomic E-state index is 11.8. The third-order valence-corrected chi connectivity index (χ3v) is 3.97. The predicted molar refractivity (Wildman–Crippen MR) is 81.7 cm³/mol. The summed E-state index contributed by atoms with van der Waals surface area (Å²) in [7, 11) is -1.02. The second-order valence-electron chi connectivity index (χ2n) is 4.21. The number of hydrogen-bond acceptors (Lipinski definition) is 3. The van der Waals surface area contributed by atoms with Crippen molar-refractivity contribution >= 4 is 44.4 Å². The van der Waals surface area contributed by atoms with Crippen molar-refractivity contribution in [3.8, 4) is 0 Å². The van der Waals surface area contributed by atoms with Gasteiger partial charge < -0.3 is 15.7 Å². The lowest BCUT2D eigenvalue weighted by Gasteiger charge is -2.15. The van der Waals surface area contributed by atoms with Crippen LogP contribution in [-0.2, 0) is 10.8 Å². The van der Waals surface area contributed by atoms with Gasteiger partial charge in [0.25, 0.3) is 0 Å². The predicted octanol–water partition coefficient (Wildman–Crippen LogP) is 2.04. The molecule has 6 nitrogen and oxygen atoms in total. The summed E-state index contributed by atoms with van der Waals surface area (Å²) < 4.78 is 11.5. The van der Waals surface area contributed by atoms with Crippen LogP contribution in [-0.4, -0.2) is 39.4 Å². The maximum Gasteiger partial charge on any atom is 0.337 e. The van der Waals surface area contributed by atoms with Crippen LogP contribution in [0.2, 0.25) is 0 Å². The molecule has 0 fully saturated rings. The average Bonchev–Trinajstić information content (AvgIpc) is 2.29. The molecule has 0 bridgehead atoms. The van der Waals surface area contributed by atoms with Crippen molar-refractivity contribution < 1.29 is 18.9 Å². The Hall–Kier alpha value is -1.41. The molecule has 0 aromatic heterocycles. The average molecular weight is 363 g/mol. The van der Waals surface area contributed by atoms with Crippen molar-refractivity contribution in [1.29, 1.82) is 0 Å². The van der Waals surface area contributed by atoms with Gasteiger partial charge in [0.2, 0.25) is 0 Å². The molecule has 0 aliphatic rings. The molecule has 0 saturated heterocycles. The molecule has 2 amide bonds. The van der Waals surface area contributed by atoms with Crippen LogP contribution in [0.5, 0.6) is 0 Å². The smallest absolute Gasteiger partial charge is 0.337 e. The first-order valence-corrected chi connectivity index (χ1v) is 8.22. The lowest BCUT2D eigenvalue weighted by atomic mass is 10.2. The molecule has 1 aromatic rings. The summed E-state index contributed by atoms with van der Waals surface area (Å²) in [5, 5.41) is 14.2. The van der Waals surface area contributed by atoms with E-state index in [1.54, 1.807) is 25.3 Å². The monoisotopic (exact) mass is 362 g/mol. The summed E-state index contributed by atoms with van der Waals surface area (Å²) in [4.78, 5) is 22.9. The lowest BCUT2D eigenvalue weighted by molar-refractivity contribution is 0.0698. The molecule has 2 unspecified atom stereocenters. The molecule has 0 heterocycles. The number of halogens is 1. The van der Waals surface area contributed by atoms with Gasteiger partial charge in [-0.3, -0.25) is 4.21 Å². The number of amides is 2. The summed E-state index contributed by atoms with van der Waals surface area (Å²) in [6.45, 7) is 1.72. The number of carboxylic acids is 1. The maximum absolute atomic E-state index is 11.8. The van der Waals surface area contributed by atoms with E-state index in [1.165, 1.54) is 6.07 Å². The highest BCUT2D eigenvalue weighted by Crippen LogP contribution is 2.26. The Morgan fingerprint density at radius 2 is 2.10 bits per heavy atom. The Morgan fingerprint density at radius 1 is 1.45 bits per heavy atom. The van der Waals surface area contributed by atoms with Gasteiger partial charge in [0.1, 0.15) is 0 Å². The second kappa shape index (κ2) is 7.39. The summed E-state index contributed by atoms with van der Waals surface area (Å²) in [6.07, 6.45) is 1.55.